The van der Waals surface area contributed by atoms with E-state index in [2.05, 4.69) is 10.6 Å². The van der Waals surface area contributed by atoms with Crippen molar-refractivity contribution in [3.8, 4) is 0 Å². The van der Waals surface area contributed by atoms with E-state index in [1.807, 2.05) is 44.2 Å². The summed E-state index contributed by atoms with van der Waals surface area (Å²) in [6.07, 6.45) is 0.583. The molecule has 0 spiro atoms. The van der Waals surface area contributed by atoms with Crippen molar-refractivity contribution < 1.29 is 23.9 Å². The summed E-state index contributed by atoms with van der Waals surface area (Å²) in [5.74, 6) is -0.565. The predicted octanol–water partition coefficient (Wildman–Crippen LogP) is 2.85. The maximum Gasteiger partial charge on any atom is 0.409 e. The Morgan fingerprint density at radius 1 is 0.946 bits per heavy atom. The van der Waals surface area contributed by atoms with Gasteiger partial charge in [-0.1, -0.05) is 50.2 Å². The van der Waals surface area contributed by atoms with Crippen LogP contribution in [0, 0.1) is 5.92 Å². The molecule has 3 rings (SSSR count). The maximum absolute atomic E-state index is 13.0. The summed E-state index contributed by atoms with van der Waals surface area (Å²) in [6.45, 7) is 5.85. The Bertz CT molecular complexity index is 1080. The first-order valence-corrected chi connectivity index (χ1v) is 12.4. The zero-order valence-electron chi connectivity index (χ0n) is 21.3. The second-order valence-electron chi connectivity index (χ2n) is 9.41. The van der Waals surface area contributed by atoms with E-state index in [4.69, 9.17) is 10.5 Å². The van der Waals surface area contributed by atoms with E-state index >= 15 is 0 Å². The standard InChI is InChI=1S/C27H35N5O5/c1-19(2)18-37-27(36)32-15-13-31(14-16-32)25(34)21-9-6-10-22(17-21)29-26(35)30-23(24(28)33)12-11-20-7-4-3-5-8-20/h3-10,17,19,23H,11-16,18H2,1-2H3,(H2,28,33)(H2,29,30,35)/t23-/m0/s1. The Kier molecular flexibility index (Phi) is 9.88. The van der Waals surface area contributed by atoms with Crippen LogP contribution in [-0.2, 0) is 16.0 Å². The lowest BCUT2D eigenvalue weighted by atomic mass is 10.1. The van der Waals surface area contributed by atoms with Crippen LogP contribution >= 0.6 is 0 Å². The van der Waals surface area contributed by atoms with Gasteiger partial charge in [-0.15, -0.1) is 0 Å². The molecule has 0 aromatic heterocycles. The number of carbonyl (C=O) groups is 4. The zero-order chi connectivity index (χ0) is 26.8. The fourth-order valence-corrected chi connectivity index (χ4v) is 3.90. The van der Waals surface area contributed by atoms with E-state index in [0.717, 1.165) is 5.56 Å². The third-order valence-electron chi connectivity index (χ3n) is 5.95. The Labute approximate surface area is 217 Å². The highest BCUT2D eigenvalue weighted by molar-refractivity contribution is 5.97. The number of ether oxygens (including phenoxy) is 1. The molecule has 1 saturated heterocycles. The summed E-state index contributed by atoms with van der Waals surface area (Å²) < 4.78 is 5.26. The van der Waals surface area contributed by atoms with Gasteiger partial charge in [-0.25, -0.2) is 9.59 Å². The van der Waals surface area contributed by atoms with Gasteiger partial charge >= 0.3 is 12.1 Å². The van der Waals surface area contributed by atoms with Gasteiger partial charge in [0.15, 0.2) is 0 Å². The highest BCUT2D eigenvalue weighted by Crippen LogP contribution is 2.15. The number of anilines is 1. The van der Waals surface area contributed by atoms with Crippen molar-refractivity contribution >= 4 is 29.6 Å². The minimum atomic E-state index is -0.839. The van der Waals surface area contributed by atoms with Crippen molar-refractivity contribution in [2.24, 2.45) is 11.7 Å². The Morgan fingerprint density at radius 3 is 2.27 bits per heavy atom. The fourth-order valence-electron chi connectivity index (χ4n) is 3.90. The number of primary amides is 1. The molecule has 1 aliphatic heterocycles. The minimum Gasteiger partial charge on any atom is -0.449 e. The van der Waals surface area contributed by atoms with Crippen LogP contribution in [0.2, 0.25) is 0 Å². The second-order valence-corrected chi connectivity index (χ2v) is 9.41. The lowest BCUT2D eigenvalue weighted by Crippen LogP contribution is -2.50. The Hall–Kier alpha value is -4.08. The number of hydrogen-bond donors (Lipinski definition) is 3. The van der Waals surface area contributed by atoms with Crippen LogP contribution in [0.3, 0.4) is 0 Å². The molecule has 0 unspecified atom stereocenters. The van der Waals surface area contributed by atoms with Gasteiger partial charge in [0.1, 0.15) is 6.04 Å². The van der Waals surface area contributed by atoms with Crippen LogP contribution in [0.4, 0.5) is 15.3 Å². The van der Waals surface area contributed by atoms with Gasteiger partial charge in [0.2, 0.25) is 5.91 Å². The molecule has 10 heteroatoms. The van der Waals surface area contributed by atoms with Gasteiger partial charge in [0.25, 0.3) is 5.91 Å². The predicted molar refractivity (Wildman–Crippen MR) is 140 cm³/mol. The van der Waals surface area contributed by atoms with Crippen LogP contribution in [0.5, 0.6) is 0 Å². The largest absolute Gasteiger partial charge is 0.449 e. The quantitative estimate of drug-likeness (QED) is 0.478. The van der Waals surface area contributed by atoms with Gasteiger partial charge < -0.3 is 30.9 Å². The van der Waals surface area contributed by atoms with Gasteiger partial charge in [0.05, 0.1) is 6.61 Å². The van der Waals surface area contributed by atoms with E-state index in [1.54, 1.807) is 34.1 Å². The molecule has 1 heterocycles. The number of piperazine rings is 1. The zero-order valence-corrected chi connectivity index (χ0v) is 21.3. The van der Waals surface area contributed by atoms with Gasteiger partial charge in [0, 0.05) is 37.4 Å². The minimum absolute atomic E-state index is 0.197. The molecular formula is C27H35N5O5. The number of hydrogen-bond acceptors (Lipinski definition) is 5. The van der Waals surface area contributed by atoms with E-state index in [0.29, 0.717) is 56.9 Å². The maximum atomic E-state index is 13.0. The van der Waals surface area contributed by atoms with Crippen LogP contribution in [0.1, 0.15) is 36.2 Å². The molecule has 0 aliphatic carbocycles. The lowest BCUT2D eigenvalue weighted by Gasteiger charge is -2.34. The second kappa shape index (κ2) is 13.3. The van der Waals surface area contributed by atoms with Crippen LogP contribution in [0.15, 0.2) is 54.6 Å². The average molecular weight is 510 g/mol. The number of carbonyl (C=O) groups excluding carboxylic acids is 4. The number of aryl methyl sites for hydroxylation is 1. The Balaban J connectivity index is 1.52. The smallest absolute Gasteiger partial charge is 0.409 e. The SMILES string of the molecule is CC(C)COC(=O)N1CCN(C(=O)c2cccc(NC(=O)N[C@@H](CCc3ccccc3)C(N)=O)c2)CC1. The van der Waals surface area contributed by atoms with Crippen molar-refractivity contribution in [1.82, 2.24) is 15.1 Å². The van der Waals surface area contributed by atoms with Crippen molar-refractivity contribution in [2.75, 3.05) is 38.1 Å². The normalized spacial score (nSPS) is 14.1. The molecule has 2 aromatic rings. The topological polar surface area (TPSA) is 134 Å². The molecule has 1 fully saturated rings. The highest BCUT2D eigenvalue weighted by Gasteiger charge is 2.26. The first-order chi connectivity index (χ1) is 17.7. The number of amides is 5. The third-order valence-corrected chi connectivity index (χ3v) is 5.95. The number of rotatable bonds is 9. The molecule has 37 heavy (non-hydrogen) atoms. The number of benzene rings is 2. The summed E-state index contributed by atoms with van der Waals surface area (Å²) in [6, 6.07) is 14.8. The van der Waals surface area contributed by atoms with Crippen LogP contribution in [0.25, 0.3) is 0 Å². The molecule has 4 N–H and O–H groups in total. The average Bonchev–Trinajstić information content (AvgIpc) is 2.89. The number of nitrogens with zero attached hydrogens (tertiary/aromatic N) is 2. The molecule has 5 amide bonds. The first kappa shape index (κ1) is 27.5. The van der Waals surface area contributed by atoms with Crippen molar-refractivity contribution in [2.45, 2.75) is 32.7 Å². The molecule has 0 bridgehead atoms. The summed E-state index contributed by atoms with van der Waals surface area (Å²) >= 11 is 0. The molecule has 1 aliphatic rings. The lowest BCUT2D eigenvalue weighted by molar-refractivity contribution is -0.119. The summed E-state index contributed by atoms with van der Waals surface area (Å²) in [5.41, 5.74) is 7.34. The van der Waals surface area contributed by atoms with Crippen LogP contribution in [-0.4, -0.2) is 72.6 Å². The molecule has 198 valence electrons. The van der Waals surface area contributed by atoms with E-state index in [9.17, 15) is 19.2 Å². The van der Waals surface area contributed by atoms with Gasteiger partial charge in [-0.05, 0) is 42.5 Å². The van der Waals surface area contributed by atoms with Crippen LogP contribution < -0.4 is 16.4 Å². The van der Waals surface area contributed by atoms with E-state index in [1.165, 1.54) is 0 Å². The van der Waals surface area contributed by atoms with Crippen molar-refractivity contribution in [3.05, 3.63) is 65.7 Å². The van der Waals surface area contributed by atoms with E-state index in [-0.39, 0.29) is 17.9 Å². The van der Waals surface area contributed by atoms with Crippen molar-refractivity contribution in [3.63, 3.8) is 0 Å². The summed E-state index contributed by atoms with van der Waals surface area (Å²) in [4.78, 5) is 52.8. The fraction of sp³-hybridized carbons (Fsp3) is 0.407. The summed E-state index contributed by atoms with van der Waals surface area (Å²) in [7, 11) is 0. The molecular weight excluding hydrogens is 474 g/mol. The first-order valence-electron chi connectivity index (χ1n) is 12.4. The molecule has 10 nitrogen and oxygen atoms in total. The number of urea groups is 1. The molecule has 0 radical (unpaired) electrons. The Morgan fingerprint density at radius 2 is 1.62 bits per heavy atom. The van der Waals surface area contributed by atoms with Crippen molar-refractivity contribution in [1.29, 1.82) is 0 Å². The third kappa shape index (κ3) is 8.52. The van der Waals surface area contributed by atoms with Gasteiger partial charge in [-0.3, -0.25) is 9.59 Å². The van der Waals surface area contributed by atoms with Gasteiger partial charge in [-0.2, -0.15) is 0 Å². The molecule has 1 atom stereocenters. The molecule has 2 aromatic carbocycles. The summed E-state index contributed by atoms with van der Waals surface area (Å²) in [5, 5.41) is 5.28. The monoisotopic (exact) mass is 509 g/mol. The highest BCUT2D eigenvalue weighted by atomic mass is 16.6. The van der Waals surface area contributed by atoms with E-state index < -0.39 is 18.0 Å². The number of nitrogens with one attached hydrogen (secondary N) is 2. The number of nitrogens with two attached hydrogens (primary N) is 1. The molecule has 0 saturated carbocycles.